The molecule has 0 spiro atoms. The zero-order valence-electron chi connectivity index (χ0n) is 10.7. The fraction of sp³-hybridized carbons (Fsp3) is 0.500. The summed E-state index contributed by atoms with van der Waals surface area (Å²) in [5, 5.41) is 2.91. The van der Waals surface area contributed by atoms with E-state index in [0.717, 1.165) is 18.9 Å². The van der Waals surface area contributed by atoms with Gasteiger partial charge in [0, 0.05) is 12.1 Å². The molecule has 98 valence electrons. The lowest BCUT2D eigenvalue weighted by molar-refractivity contribution is 0.0952. The van der Waals surface area contributed by atoms with Crippen LogP contribution in [0.1, 0.15) is 36.5 Å². The molecule has 2 rings (SSSR count). The molecule has 0 radical (unpaired) electrons. The van der Waals surface area contributed by atoms with Gasteiger partial charge in [0.05, 0.1) is 12.3 Å². The number of benzene rings is 1. The molecule has 1 aromatic carbocycles. The van der Waals surface area contributed by atoms with Crippen molar-refractivity contribution in [3.05, 3.63) is 23.8 Å². The smallest absolute Gasteiger partial charge is 0.251 e. The summed E-state index contributed by atoms with van der Waals surface area (Å²) in [6, 6.07) is 5.15. The SMILES string of the molecule is CCOc1ccc(C(=O)NCCC2CC2)cc1N. The lowest BCUT2D eigenvalue weighted by atomic mass is 10.1. The molecule has 18 heavy (non-hydrogen) atoms. The van der Waals surface area contributed by atoms with Crippen molar-refractivity contribution in [2.24, 2.45) is 5.92 Å². The van der Waals surface area contributed by atoms with Crippen molar-refractivity contribution in [2.75, 3.05) is 18.9 Å². The first-order valence-corrected chi connectivity index (χ1v) is 6.51. The van der Waals surface area contributed by atoms with E-state index < -0.39 is 0 Å². The highest BCUT2D eigenvalue weighted by Gasteiger charge is 2.20. The molecule has 0 aliphatic heterocycles. The van der Waals surface area contributed by atoms with E-state index in [9.17, 15) is 4.79 Å². The highest BCUT2D eigenvalue weighted by Crippen LogP contribution is 2.31. The van der Waals surface area contributed by atoms with E-state index in [1.165, 1.54) is 12.8 Å². The minimum atomic E-state index is -0.0644. The number of hydrogen-bond donors (Lipinski definition) is 2. The molecule has 0 atom stereocenters. The number of anilines is 1. The van der Waals surface area contributed by atoms with Crippen LogP contribution in [0.25, 0.3) is 0 Å². The quantitative estimate of drug-likeness (QED) is 0.758. The maximum atomic E-state index is 11.9. The predicted molar refractivity (Wildman–Crippen MR) is 71.7 cm³/mol. The Balaban J connectivity index is 1.90. The lowest BCUT2D eigenvalue weighted by Crippen LogP contribution is -2.24. The van der Waals surface area contributed by atoms with Crippen molar-refractivity contribution < 1.29 is 9.53 Å². The third kappa shape index (κ3) is 3.39. The number of nitrogens with two attached hydrogens (primary N) is 1. The largest absolute Gasteiger partial charge is 0.492 e. The number of ether oxygens (including phenoxy) is 1. The molecule has 3 N–H and O–H groups in total. The van der Waals surface area contributed by atoms with Gasteiger partial charge >= 0.3 is 0 Å². The van der Waals surface area contributed by atoms with Gasteiger partial charge < -0.3 is 15.8 Å². The summed E-state index contributed by atoms with van der Waals surface area (Å²) in [6.07, 6.45) is 3.70. The average molecular weight is 248 g/mol. The van der Waals surface area contributed by atoms with Crippen molar-refractivity contribution in [3.63, 3.8) is 0 Å². The van der Waals surface area contributed by atoms with Crippen LogP contribution in [0, 0.1) is 5.92 Å². The minimum absolute atomic E-state index is 0.0644. The molecule has 1 amide bonds. The number of carbonyl (C=O) groups excluding carboxylic acids is 1. The Labute approximate surface area is 108 Å². The fourth-order valence-electron chi connectivity index (χ4n) is 1.88. The third-order valence-corrected chi connectivity index (χ3v) is 3.11. The van der Waals surface area contributed by atoms with Gasteiger partial charge in [-0.1, -0.05) is 12.8 Å². The molecule has 0 heterocycles. The van der Waals surface area contributed by atoms with E-state index in [1.807, 2.05) is 6.92 Å². The van der Waals surface area contributed by atoms with Gasteiger partial charge in [-0.15, -0.1) is 0 Å². The average Bonchev–Trinajstić information content (AvgIpc) is 3.16. The second kappa shape index (κ2) is 5.76. The standard InChI is InChI=1S/C14H20N2O2/c1-2-18-13-6-5-11(9-12(13)15)14(17)16-8-7-10-3-4-10/h5-6,9-10H,2-4,7-8,15H2,1H3,(H,16,17). The van der Waals surface area contributed by atoms with Gasteiger partial charge in [-0.3, -0.25) is 4.79 Å². The van der Waals surface area contributed by atoms with Crippen molar-refractivity contribution in [2.45, 2.75) is 26.2 Å². The number of hydrogen-bond acceptors (Lipinski definition) is 3. The van der Waals surface area contributed by atoms with Crippen LogP contribution in [0.2, 0.25) is 0 Å². The minimum Gasteiger partial charge on any atom is -0.492 e. The number of nitrogens with one attached hydrogen (secondary N) is 1. The van der Waals surface area contributed by atoms with Crippen molar-refractivity contribution in [3.8, 4) is 5.75 Å². The number of amides is 1. The summed E-state index contributed by atoms with van der Waals surface area (Å²) in [6.45, 7) is 3.21. The molecule has 1 aromatic rings. The predicted octanol–water partition coefficient (Wildman–Crippen LogP) is 2.20. The van der Waals surface area contributed by atoms with Crippen molar-refractivity contribution in [1.82, 2.24) is 5.32 Å². The Hall–Kier alpha value is -1.71. The summed E-state index contributed by atoms with van der Waals surface area (Å²) in [4.78, 5) is 11.9. The summed E-state index contributed by atoms with van der Waals surface area (Å²) in [7, 11) is 0. The van der Waals surface area contributed by atoms with Gasteiger partial charge in [0.1, 0.15) is 5.75 Å². The van der Waals surface area contributed by atoms with E-state index in [2.05, 4.69) is 5.32 Å². The first kappa shape index (κ1) is 12.7. The second-order valence-electron chi connectivity index (χ2n) is 4.67. The van der Waals surface area contributed by atoms with Crippen LogP contribution < -0.4 is 15.8 Å². The Morgan fingerprint density at radius 2 is 2.28 bits per heavy atom. The summed E-state index contributed by atoms with van der Waals surface area (Å²) in [5.41, 5.74) is 6.92. The molecular weight excluding hydrogens is 228 g/mol. The Morgan fingerprint density at radius 1 is 1.50 bits per heavy atom. The second-order valence-corrected chi connectivity index (χ2v) is 4.67. The molecule has 0 saturated heterocycles. The molecule has 4 heteroatoms. The normalized spacial score (nSPS) is 14.3. The molecule has 1 saturated carbocycles. The molecule has 4 nitrogen and oxygen atoms in total. The van der Waals surface area contributed by atoms with Gasteiger partial charge in [0.2, 0.25) is 0 Å². The van der Waals surface area contributed by atoms with Crippen LogP contribution >= 0.6 is 0 Å². The highest BCUT2D eigenvalue weighted by molar-refractivity contribution is 5.95. The van der Waals surface area contributed by atoms with E-state index >= 15 is 0 Å². The summed E-state index contributed by atoms with van der Waals surface area (Å²) >= 11 is 0. The summed E-state index contributed by atoms with van der Waals surface area (Å²) in [5.74, 6) is 1.40. The van der Waals surface area contributed by atoms with Gasteiger partial charge in [0.15, 0.2) is 0 Å². The van der Waals surface area contributed by atoms with Crippen LogP contribution in [0.15, 0.2) is 18.2 Å². The number of carbonyl (C=O) groups is 1. The van der Waals surface area contributed by atoms with E-state index in [1.54, 1.807) is 18.2 Å². The molecule has 1 fully saturated rings. The maximum absolute atomic E-state index is 11.9. The van der Waals surface area contributed by atoms with Gasteiger partial charge in [0.25, 0.3) is 5.91 Å². The molecule has 1 aliphatic carbocycles. The molecular formula is C14H20N2O2. The molecule has 0 unspecified atom stereocenters. The molecule has 0 aromatic heterocycles. The Morgan fingerprint density at radius 3 is 2.89 bits per heavy atom. The zero-order chi connectivity index (χ0) is 13.0. The zero-order valence-corrected chi connectivity index (χ0v) is 10.7. The van der Waals surface area contributed by atoms with Crippen LogP contribution in [-0.4, -0.2) is 19.1 Å². The monoisotopic (exact) mass is 248 g/mol. The molecule has 1 aliphatic rings. The van der Waals surface area contributed by atoms with Gasteiger partial charge in [-0.25, -0.2) is 0 Å². The van der Waals surface area contributed by atoms with Crippen LogP contribution in [-0.2, 0) is 0 Å². The van der Waals surface area contributed by atoms with Crippen molar-refractivity contribution in [1.29, 1.82) is 0 Å². The topological polar surface area (TPSA) is 64.3 Å². The van der Waals surface area contributed by atoms with E-state index in [4.69, 9.17) is 10.5 Å². The third-order valence-electron chi connectivity index (χ3n) is 3.11. The highest BCUT2D eigenvalue weighted by atomic mass is 16.5. The van der Waals surface area contributed by atoms with Crippen LogP contribution in [0.5, 0.6) is 5.75 Å². The fourth-order valence-corrected chi connectivity index (χ4v) is 1.88. The van der Waals surface area contributed by atoms with Gasteiger partial charge in [-0.05, 0) is 37.5 Å². The van der Waals surface area contributed by atoms with Crippen LogP contribution in [0.4, 0.5) is 5.69 Å². The number of rotatable bonds is 6. The van der Waals surface area contributed by atoms with E-state index in [-0.39, 0.29) is 5.91 Å². The van der Waals surface area contributed by atoms with Crippen LogP contribution in [0.3, 0.4) is 0 Å². The first-order chi connectivity index (χ1) is 8.70. The Kier molecular flexibility index (Phi) is 4.07. The van der Waals surface area contributed by atoms with Crippen molar-refractivity contribution >= 4 is 11.6 Å². The summed E-state index contributed by atoms with van der Waals surface area (Å²) < 4.78 is 5.34. The Bertz CT molecular complexity index is 428. The van der Waals surface area contributed by atoms with E-state index in [0.29, 0.717) is 23.6 Å². The van der Waals surface area contributed by atoms with Gasteiger partial charge in [-0.2, -0.15) is 0 Å². The first-order valence-electron chi connectivity index (χ1n) is 6.51. The number of nitrogen functional groups attached to an aromatic ring is 1. The molecule has 0 bridgehead atoms. The maximum Gasteiger partial charge on any atom is 0.251 e. The lowest BCUT2D eigenvalue weighted by Gasteiger charge is -2.09.